The van der Waals surface area contributed by atoms with Crippen LogP contribution in [0.1, 0.15) is 33.9 Å². The molecule has 1 fully saturated rings. The lowest BCUT2D eigenvalue weighted by Gasteiger charge is -2.26. The molecule has 12 heteroatoms. The molecule has 2 rings (SSSR count). The Hall–Kier alpha value is -1.77. The monoisotopic (exact) mass is 460 g/mol. The lowest BCUT2D eigenvalue weighted by atomic mass is 10.1. The summed E-state index contributed by atoms with van der Waals surface area (Å²) in [6.45, 7) is 7.05. The fourth-order valence-corrected chi connectivity index (χ4v) is 3.97. The van der Waals surface area contributed by atoms with E-state index in [0.717, 1.165) is 10.6 Å². The molecular weight excluding hydrogens is 431 g/mol. The first-order valence-corrected chi connectivity index (χ1v) is 11.3. The molecule has 0 radical (unpaired) electrons. The topological polar surface area (TPSA) is 138 Å². The molecule has 2 heterocycles. The molecule has 1 saturated heterocycles. The van der Waals surface area contributed by atoms with Gasteiger partial charge in [0.25, 0.3) is 5.56 Å². The molecule has 5 atom stereocenters. The van der Waals surface area contributed by atoms with Crippen molar-refractivity contribution in [3.8, 4) is 12.3 Å². The molecule has 0 aromatic carbocycles. The van der Waals surface area contributed by atoms with Crippen LogP contribution in [0.15, 0.2) is 21.9 Å². The fraction of sp³-hybridized carbons (Fsp3) is 0.684. The maximum Gasteiger partial charge on any atom is 0.472 e. The first kappa shape index (κ1) is 25.5. The Bertz CT molecular complexity index is 920. The number of aromatic nitrogens is 2. The van der Waals surface area contributed by atoms with Crippen molar-refractivity contribution >= 4 is 7.82 Å². The minimum absolute atomic E-state index is 0.00674. The molecule has 174 valence electrons. The summed E-state index contributed by atoms with van der Waals surface area (Å²) in [6.07, 6.45) is 2.15. The number of aromatic amines is 1. The number of nitrogens with one attached hydrogen (secondary N) is 1. The van der Waals surface area contributed by atoms with Gasteiger partial charge in [0.2, 0.25) is 0 Å². The van der Waals surface area contributed by atoms with E-state index in [0.29, 0.717) is 0 Å². The summed E-state index contributed by atoms with van der Waals surface area (Å²) in [5, 5.41) is 0. The summed E-state index contributed by atoms with van der Waals surface area (Å²) >= 11 is 0. The van der Waals surface area contributed by atoms with Crippen LogP contribution in [-0.2, 0) is 27.8 Å². The second-order valence-electron chi connectivity index (χ2n) is 7.67. The van der Waals surface area contributed by atoms with Gasteiger partial charge in [-0.25, -0.2) is 9.36 Å². The van der Waals surface area contributed by atoms with Gasteiger partial charge >= 0.3 is 13.5 Å². The van der Waals surface area contributed by atoms with Crippen LogP contribution in [0.2, 0.25) is 0 Å². The third-order valence-corrected chi connectivity index (χ3v) is 5.17. The smallest absolute Gasteiger partial charge is 0.376 e. The number of terminal acetylenes is 1. The van der Waals surface area contributed by atoms with Crippen molar-refractivity contribution in [2.24, 2.45) is 5.92 Å². The zero-order valence-corrected chi connectivity index (χ0v) is 18.8. The van der Waals surface area contributed by atoms with E-state index in [9.17, 15) is 19.0 Å². The van der Waals surface area contributed by atoms with Crippen molar-refractivity contribution < 1.29 is 32.7 Å². The van der Waals surface area contributed by atoms with Gasteiger partial charge in [0, 0.05) is 12.3 Å². The van der Waals surface area contributed by atoms with Gasteiger partial charge in [0.1, 0.15) is 24.9 Å². The maximum absolute atomic E-state index is 12.5. The third kappa shape index (κ3) is 7.40. The van der Waals surface area contributed by atoms with Crippen molar-refractivity contribution in [2.45, 2.75) is 58.3 Å². The van der Waals surface area contributed by atoms with E-state index >= 15 is 0 Å². The van der Waals surface area contributed by atoms with Crippen molar-refractivity contribution in [2.75, 3.05) is 19.8 Å². The van der Waals surface area contributed by atoms with Crippen molar-refractivity contribution in [1.82, 2.24) is 9.55 Å². The van der Waals surface area contributed by atoms with E-state index in [-0.39, 0.29) is 31.8 Å². The molecule has 1 aliphatic heterocycles. The summed E-state index contributed by atoms with van der Waals surface area (Å²) in [6, 6.07) is 1.14. The fourth-order valence-electron chi connectivity index (χ4n) is 2.86. The van der Waals surface area contributed by atoms with Gasteiger partial charge < -0.3 is 19.1 Å². The summed E-state index contributed by atoms with van der Waals surface area (Å²) in [5.41, 5.74) is -1.34. The molecule has 0 aliphatic carbocycles. The third-order valence-electron chi connectivity index (χ3n) is 4.19. The quantitative estimate of drug-likeness (QED) is 0.366. The van der Waals surface area contributed by atoms with E-state index < -0.39 is 43.6 Å². The lowest BCUT2D eigenvalue weighted by molar-refractivity contribution is -0.0819. The molecule has 0 spiro atoms. The zero-order chi connectivity index (χ0) is 23.2. The van der Waals surface area contributed by atoms with E-state index in [1.807, 2.05) is 27.7 Å². The average molecular weight is 460 g/mol. The second kappa shape index (κ2) is 11.2. The molecule has 0 amide bonds. The Balaban J connectivity index is 2.38. The van der Waals surface area contributed by atoms with Gasteiger partial charge in [0.05, 0.1) is 19.3 Å². The van der Waals surface area contributed by atoms with E-state index in [4.69, 9.17) is 29.7 Å². The highest BCUT2D eigenvalue weighted by molar-refractivity contribution is 7.47. The summed E-state index contributed by atoms with van der Waals surface area (Å²) in [4.78, 5) is 36.1. The van der Waals surface area contributed by atoms with Gasteiger partial charge in [-0.1, -0.05) is 19.8 Å². The number of phosphoric acid groups is 1. The molecule has 31 heavy (non-hydrogen) atoms. The van der Waals surface area contributed by atoms with Crippen LogP contribution in [-0.4, -0.2) is 58.7 Å². The zero-order valence-electron chi connectivity index (χ0n) is 17.9. The standard InChI is InChI=1S/C19H29N2O9P/c1-6-9-26-17-16(30-31(24,25)28-10-12(2)3)14(11-27-13(4)5)29-18(17)21-8-7-15(22)20-19(21)23/h1,7-8,12-14,16-18H,9-11H2,2-5H3,(H,24,25)(H,20,22,23)/t14-,16+,17?,18-/m1/s1. The van der Waals surface area contributed by atoms with Crippen molar-refractivity contribution in [3.63, 3.8) is 0 Å². The Labute approximate surface area is 180 Å². The highest BCUT2D eigenvalue weighted by Crippen LogP contribution is 2.49. The first-order valence-electron chi connectivity index (χ1n) is 9.83. The molecule has 0 bridgehead atoms. The Morgan fingerprint density at radius 3 is 2.61 bits per heavy atom. The predicted molar refractivity (Wildman–Crippen MR) is 110 cm³/mol. The molecule has 11 nitrogen and oxygen atoms in total. The molecular formula is C19H29N2O9P. The summed E-state index contributed by atoms with van der Waals surface area (Å²) in [5.74, 6) is 2.30. The Morgan fingerprint density at radius 2 is 2.03 bits per heavy atom. The second-order valence-corrected chi connectivity index (χ2v) is 9.08. The molecule has 2 N–H and O–H groups in total. The van der Waals surface area contributed by atoms with E-state index in [2.05, 4.69) is 10.9 Å². The number of H-pyrrole nitrogens is 1. The normalized spacial score (nSPS) is 25.6. The molecule has 1 aromatic heterocycles. The van der Waals surface area contributed by atoms with Crippen molar-refractivity contribution in [3.05, 3.63) is 33.1 Å². The molecule has 0 saturated carbocycles. The van der Waals surface area contributed by atoms with Crippen LogP contribution in [0.4, 0.5) is 0 Å². The SMILES string of the molecule is C#CCOC1[C@@H](OP(=O)(O)OCC(C)C)[C@@H](COC(C)C)O[C@H]1n1ccc(=O)[nH]c1=O. The summed E-state index contributed by atoms with van der Waals surface area (Å²) < 4.78 is 41.2. The first-order chi connectivity index (χ1) is 14.5. The van der Waals surface area contributed by atoms with Gasteiger partial charge in [-0.15, -0.1) is 6.42 Å². The van der Waals surface area contributed by atoms with Crippen LogP contribution >= 0.6 is 7.82 Å². The van der Waals surface area contributed by atoms with Crippen LogP contribution in [0, 0.1) is 18.3 Å². The number of ether oxygens (including phenoxy) is 3. The number of hydrogen-bond donors (Lipinski definition) is 2. The predicted octanol–water partition coefficient (Wildman–Crippen LogP) is 1.04. The maximum atomic E-state index is 12.5. The van der Waals surface area contributed by atoms with E-state index in [1.54, 1.807) is 0 Å². The van der Waals surface area contributed by atoms with Crippen LogP contribution < -0.4 is 11.2 Å². The number of hydrogen-bond acceptors (Lipinski definition) is 8. The molecule has 2 unspecified atom stereocenters. The van der Waals surface area contributed by atoms with Crippen LogP contribution in [0.25, 0.3) is 0 Å². The largest absolute Gasteiger partial charge is 0.472 e. The lowest BCUT2D eigenvalue weighted by Crippen LogP contribution is -2.40. The highest BCUT2D eigenvalue weighted by atomic mass is 31.2. The van der Waals surface area contributed by atoms with Crippen molar-refractivity contribution in [1.29, 1.82) is 0 Å². The average Bonchev–Trinajstić information content (AvgIpc) is 2.99. The molecule has 1 aromatic rings. The Kier molecular flexibility index (Phi) is 9.21. The number of nitrogens with zero attached hydrogens (tertiary/aromatic N) is 1. The summed E-state index contributed by atoms with van der Waals surface area (Å²) in [7, 11) is -4.50. The van der Waals surface area contributed by atoms with Gasteiger partial charge in [-0.3, -0.25) is 23.4 Å². The van der Waals surface area contributed by atoms with Gasteiger partial charge in [-0.2, -0.15) is 0 Å². The van der Waals surface area contributed by atoms with E-state index in [1.165, 1.54) is 6.20 Å². The Morgan fingerprint density at radius 1 is 1.32 bits per heavy atom. The van der Waals surface area contributed by atoms with Gasteiger partial charge in [-0.05, 0) is 19.8 Å². The minimum Gasteiger partial charge on any atom is -0.376 e. The highest BCUT2D eigenvalue weighted by Gasteiger charge is 2.50. The number of phosphoric ester groups is 1. The van der Waals surface area contributed by atoms with Crippen LogP contribution in [0.5, 0.6) is 0 Å². The minimum atomic E-state index is -4.50. The van der Waals surface area contributed by atoms with Gasteiger partial charge in [0.15, 0.2) is 6.23 Å². The van der Waals surface area contributed by atoms with Crippen LogP contribution in [0.3, 0.4) is 0 Å². The number of rotatable bonds is 11. The molecule has 1 aliphatic rings.